The average Bonchev–Trinajstić information content (AvgIpc) is 2.72. The molecule has 0 spiro atoms. The molecule has 1 aromatic carbocycles. The predicted octanol–water partition coefficient (Wildman–Crippen LogP) is 1.97. The molecule has 0 unspecified atom stereocenters. The van der Waals surface area contributed by atoms with Gasteiger partial charge in [0.25, 0.3) is 5.91 Å². The van der Waals surface area contributed by atoms with E-state index in [0.29, 0.717) is 4.88 Å². The third-order valence-electron chi connectivity index (χ3n) is 2.10. The molecule has 2 rings (SSSR count). The Morgan fingerprint density at radius 2 is 2.00 bits per heavy atom. The van der Waals surface area contributed by atoms with Crippen molar-refractivity contribution in [2.45, 2.75) is 0 Å². The van der Waals surface area contributed by atoms with Crippen molar-refractivity contribution in [2.24, 2.45) is 0 Å². The van der Waals surface area contributed by atoms with Gasteiger partial charge in [0.2, 0.25) is 0 Å². The number of imide groups is 1. The highest BCUT2D eigenvalue weighted by molar-refractivity contribution is 7.20. The van der Waals surface area contributed by atoms with Gasteiger partial charge in [-0.3, -0.25) is 10.1 Å². The highest BCUT2D eigenvalue weighted by Crippen LogP contribution is 2.24. The summed E-state index contributed by atoms with van der Waals surface area (Å²) in [5, 5.41) is 5.57. The Morgan fingerprint density at radius 3 is 2.69 bits per heavy atom. The average molecular weight is 234 g/mol. The molecule has 4 nitrogen and oxygen atoms in total. The summed E-state index contributed by atoms with van der Waals surface area (Å²) in [5.41, 5.74) is 0. The summed E-state index contributed by atoms with van der Waals surface area (Å²) in [5.74, 6) is -0.374. The summed E-state index contributed by atoms with van der Waals surface area (Å²) >= 11 is 1.37. The molecular formula is C11H10N2O2S. The van der Waals surface area contributed by atoms with Crippen LogP contribution in [-0.4, -0.2) is 19.0 Å². The largest absolute Gasteiger partial charge is 0.341 e. The van der Waals surface area contributed by atoms with Crippen molar-refractivity contribution in [3.05, 3.63) is 35.2 Å². The molecule has 0 bridgehead atoms. The molecule has 0 radical (unpaired) electrons. The quantitative estimate of drug-likeness (QED) is 0.792. The number of nitrogens with one attached hydrogen (secondary N) is 2. The second-order valence-electron chi connectivity index (χ2n) is 3.18. The van der Waals surface area contributed by atoms with Gasteiger partial charge in [0.15, 0.2) is 0 Å². The van der Waals surface area contributed by atoms with Gasteiger partial charge >= 0.3 is 6.03 Å². The van der Waals surface area contributed by atoms with Gasteiger partial charge in [-0.2, -0.15) is 0 Å². The fourth-order valence-corrected chi connectivity index (χ4v) is 2.28. The standard InChI is InChI=1S/C11H10N2O2S/c1-12-11(15)13-10(14)9-6-7-4-2-3-5-8(7)16-9/h2-6H,1H3,(H2,12,13,14,15). The van der Waals surface area contributed by atoms with Crippen LogP contribution in [0.3, 0.4) is 0 Å². The maximum atomic E-state index is 11.6. The van der Waals surface area contributed by atoms with Crippen LogP contribution in [0.1, 0.15) is 9.67 Å². The summed E-state index contributed by atoms with van der Waals surface area (Å²) in [6.07, 6.45) is 0. The first kappa shape index (κ1) is 10.6. The zero-order chi connectivity index (χ0) is 11.5. The van der Waals surface area contributed by atoms with Gasteiger partial charge in [-0.15, -0.1) is 11.3 Å². The number of rotatable bonds is 1. The third-order valence-corrected chi connectivity index (χ3v) is 3.22. The Kier molecular flexibility index (Phi) is 2.87. The lowest BCUT2D eigenvalue weighted by molar-refractivity contribution is 0.0968. The van der Waals surface area contributed by atoms with Crippen LogP contribution in [0.15, 0.2) is 30.3 Å². The molecule has 0 saturated carbocycles. The smallest absolute Gasteiger partial charge is 0.321 e. The highest BCUT2D eigenvalue weighted by atomic mass is 32.1. The van der Waals surface area contributed by atoms with Crippen LogP contribution in [-0.2, 0) is 0 Å². The van der Waals surface area contributed by atoms with Crippen molar-refractivity contribution in [2.75, 3.05) is 7.05 Å². The van der Waals surface area contributed by atoms with Crippen LogP contribution < -0.4 is 10.6 Å². The Labute approximate surface area is 96.3 Å². The number of hydrogen-bond acceptors (Lipinski definition) is 3. The molecule has 3 amide bonds. The second kappa shape index (κ2) is 4.32. The summed E-state index contributed by atoms with van der Waals surface area (Å²) in [7, 11) is 1.47. The van der Waals surface area contributed by atoms with E-state index in [1.165, 1.54) is 18.4 Å². The molecule has 0 aliphatic rings. The Bertz CT molecular complexity index is 515. The van der Waals surface area contributed by atoms with E-state index in [-0.39, 0.29) is 5.91 Å². The van der Waals surface area contributed by atoms with Crippen molar-refractivity contribution in [1.82, 2.24) is 10.6 Å². The Hall–Kier alpha value is -1.88. The molecule has 1 heterocycles. The number of carbonyl (C=O) groups is 2. The molecule has 2 aromatic rings. The van der Waals surface area contributed by atoms with E-state index in [9.17, 15) is 9.59 Å². The lowest BCUT2D eigenvalue weighted by atomic mass is 10.2. The molecular weight excluding hydrogens is 224 g/mol. The maximum Gasteiger partial charge on any atom is 0.321 e. The van der Waals surface area contributed by atoms with Gasteiger partial charge < -0.3 is 5.32 Å². The van der Waals surface area contributed by atoms with Crippen LogP contribution in [0, 0.1) is 0 Å². The number of amides is 3. The molecule has 16 heavy (non-hydrogen) atoms. The van der Waals surface area contributed by atoms with Crippen LogP contribution >= 0.6 is 11.3 Å². The first-order valence-electron chi connectivity index (χ1n) is 4.72. The molecule has 5 heteroatoms. The number of fused-ring (bicyclic) bond motifs is 1. The lowest BCUT2D eigenvalue weighted by Crippen LogP contribution is -2.36. The van der Waals surface area contributed by atoms with Gasteiger partial charge in [0, 0.05) is 11.7 Å². The zero-order valence-corrected chi connectivity index (χ0v) is 9.43. The van der Waals surface area contributed by atoms with E-state index >= 15 is 0 Å². The third kappa shape index (κ3) is 2.04. The molecule has 0 saturated heterocycles. The minimum Gasteiger partial charge on any atom is -0.341 e. The van der Waals surface area contributed by atoms with Crippen LogP contribution in [0.25, 0.3) is 10.1 Å². The van der Waals surface area contributed by atoms with E-state index in [4.69, 9.17) is 0 Å². The van der Waals surface area contributed by atoms with Crippen molar-refractivity contribution < 1.29 is 9.59 Å². The van der Waals surface area contributed by atoms with Crippen molar-refractivity contribution >= 4 is 33.4 Å². The number of benzene rings is 1. The number of thiophene rings is 1. The van der Waals surface area contributed by atoms with Gasteiger partial charge in [-0.25, -0.2) is 4.79 Å². The Balaban J connectivity index is 2.26. The summed E-state index contributed by atoms with van der Waals surface area (Å²) in [6, 6.07) is 8.98. The molecule has 1 aromatic heterocycles. The van der Waals surface area contributed by atoms with Crippen molar-refractivity contribution in [3.8, 4) is 0 Å². The maximum absolute atomic E-state index is 11.6. The first-order valence-corrected chi connectivity index (χ1v) is 5.54. The minimum absolute atomic E-state index is 0.374. The first-order chi connectivity index (χ1) is 7.70. The molecule has 2 N–H and O–H groups in total. The molecule has 82 valence electrons. The van der Waals surface area contributed by atoms with Gasteiger partial charge in [-0.1, -0.05) is 18.2 Å². The predicted molar refractivity (Wildman–Crippen MR) is 63.7 cm³/mol. The fraction of sp³-hybridized carbons (Fsp3) is 0.0909. The summed E-state index contributed by atoms with van der Waals surface area (Å²) < 4.78 is 1.03. The van der Waals surface area contributed by atoms with Gasteiger partial charge in [0.05, 0.1) is 4.88 Å². The van der Waals surface area contributed by atoms with E-state index in [2.05, 4.69) is 10.6 Å². The van der Waals surface area contributed by atoms with Crippen molar-refractivity contribution in [3.63, 3.8) is 0 Å². The van der Waals surface area contributed by atoms with Gasteiger partial charge in [0.1, 0.15) is 0 Å². The second-order valence-corrected chi connectivity index (χ2v) is 4.27. The zero-order valence-electron chi connectivity index (χ0n) is 8.61. The topological polar surface area (TPSA) is 58.2 Å². The van der Waals surface area contributed by atoms with E-state index in [1.807, 2.05) is 24.3 Å². The number of carbonyl (C=O) groups excluding carboxylic acids is 2. The monoisotopic (exact) mass is 234 g/mol. The summed E-state index contributed by atoms with van der Waals surface area (Å²) in [4.78, 5) is 23.1. The molecule has 0 aliphatic heterocycles. The van der Waals surface area contributed by atoms with Crippen LogP contribution in [0.5, 0.6) is 0 Å². The van der Waals surface area contributed by atoms with Crippen LogP contribution in [0.4, 0.5) is 4.79 Å². The van der Waals surface area contributed by atoms with E-state index in [0.717, 1.165) is 10.1 Å². The Morgan fingerprint density at radius 1 is 1.25 bits per heavy atom. The fourth-order valence-electron chi connectivity index (χ4n) is 1.32. The lowest BCUT2D eigenvalue weighted by Gasteiger charge is -1.99. The normalized spacial score (nSPS) is 10.1. The SMILES string of the molecule is CNC(=O)NC(=O)c1cc2ccccc2s1. The number of hydrogen-bond donors (Lipinski definition) is 2. The van der Waals surface area contributed by atoms with Crippen LogP contribution in [0.2, 0.25) is 0 Å². The van der Waals surface area contributed by atoms with E-state index < -0.39 is 6.03 Å². The minimum atomic E-state index is -0.498. The summed E-state index contributed by atoms with van der Waals surface area (Å²) in [6.45, 7) is 0. The number of urea groups is 1. The highest BCUT2D eigenvalue weighted by Gasteiger charge is 2.11. The van der Waals surface area contributed by atoms with Gasteiger partial charge in [-0.05, 0) is 17.5 Å². The van der Waals surface area contributed by atoms with Crippen molar-refractivity contribution in [1.29, 1.82) is 0 Å². The van der Waals surface area contributed by atoms with E-state index in [1.54, 1.807) is 6.07 Å². The molecule has 0 aliphatic carbocycles. The molecule has 0 fully saturated rings. The molecule has 0 atom stereocenters.